The molecule has 1 unspecified atom stereocenters. The van der Waals surface area contributed by atoms with E-state index in [2.05, 4.69) is 15.5 Å². The van der Waals surface area contributed by atoms with E-state index in [0.29, 0.717) is 37.1 Å². The number of carbonyl (C=O) groups excluding carboxylic acids is 3. The Morgan fingerprint density at radius 1 is 1.08 bits per heavy atom. The number of aromatic carboxylic acids is 1. The number of benzene rings is 3. The molecule has 0 radical (unpaired) electrons. The van der Waals surface area contributed by atoms with E-state index in [4.69, 9.17) is 17.3 Å². The van der Waals surface area contributed by atoms with Gasteiger partial charge in [0.25, 0.3) is 0 Å². The minimum absolute atomic E-state index is 0.0139. The molecule has 1 aromatic heterocycles. The van der Waals surface area contributed by atoms with E-state index in [-0.39, 0.29) is 46.5 Å². The molecule has 14 heteroatoms. The molecule has 12 nitrogen and oxygen atoms in total. The Hall–Kier alpha value is -5.53. The summed E-state index contributed by atoms with van der Waals surface area (Å²) in [4.78, 5) is 55.2. The number of carboxylic acid groups (broad SMARTS) is 1. The predicted octanol–water partition coefficient (Wildman–Crippen LogP) is 4.07. The average Bonchev–Trinajstić information content (AvgIpc) is 3.66. The van der Waals surface area contributed by atoms with Gasteiger partial charge >= 0.3 is 5.97 Å². The molecule has 2 aliphatic rings. The van der Waals surface area contributed by atoms with Crippen molar-refractivity contribution in [3.8, 4) is 5.69 Å². The molecule has 3 aromatic carbocycles. The average molecular weight is 698 g/mol. The summed E-state index contributed by atoms with van der Waals surface area (Å²) in [6.07, 6.45) is 6.77. The highest BCUT2D eigenvalue weighted by atomic mass is 35.5. The van der Waals surface area contributed by atoms with Crippen molar-refractivity contribution in [3.63, 3.8) is 0 Å². The lowest BCUT2D eigenvalue weighted by Gasteiger charge is -2.37. The molecule has 0 spiro atoms. The number of fused-ring (bicyclic) bond motifs is 1. The van der Waals surface area contributed by atoms with Gasteiger partial charge in [0.05, 0.1) is 22.3 Å². The first kappa shape index (κ1) is 34.3. The smallest absolute Gasteiger partial charge is 0.335 e. The Morgan fingerprint density at radius 2 is 1.86 bits per heavy atom. The second-order valence-corrected chi connectivity index (χ2v) is 12.5. The quantitative estimate of drug-likeness (QED) is 0.245. The fourth-order valence-electron chi connectivity index (χ4n) is 6.46. The van der Waals surface area contributed by atoms with E-state index in [1.807, 2.05) is 24.3 Å². The zero-order chi connectivity index (χ0) is 35.5. The Kier molecular flexibility index (Phi) is 9.98. The number of carbonyl (C=O) groups is 4. The number of amides is 2. The van der Waals surface area contributed by atoms with Crippen molar-refractivity contribution in [1.29, 1.82) is 0 Å². The van der Waals surface area contributed by atoms with Crippen LogP contribution in [0.1, 0.15) is 57.6 Å². The third-order valence-corrected chi connectivity index (χ3v) is 9.23. The summed E-state index contributed by atoms with van der Waals surface area (Å²) in [6.45, 7) is 2.78. The molecular weight excluding hydrogens is 665 g/mol. The van der Waals surface area contributed by atoms with Crippen molar-refractivity contribution in [1.82, 2.24) is 30.0 Å². The third-order valence-electron chi connectivity index (χ3n) is 8.94. The third kappa shape index (κ3) is 6.96. The summed E-state index contributed by atoms with van der Waals surface area (Å²) in [6, 6.07) is 13.0. The highest BCUT2D eigenvalue weighted by molar-refractivity contribution is 6.31. The van der Waals surface area contributed by atoms with Crippen molar-refractivity contribution in [2.24, 2.45) is 5.73 Å². The van der Waals surface area contributed by atoms with Crippen LogP contribution in [-0.4, -0.2) is 84.4 Å². The molecule has 6 rings (SSSR count). The maximum absolute atomic E-state index is 15.3. The van der Waals surface area contributed by atoms with Gasteiger partial charge in [0.2, 0.25) is 11.8 Å². The first-order chi connectivity index (χ1) is 24.0. The van der Waals surface area contributed by atoms with E-state index in [1.165, 1.54) is 52.3 Å². The summed E-state index contributed by atoms with van der Waals surface area (Å²) in [5.41, 5.74) is 10.3. The van der Waals surface area contributed by atoms with E-state index >= 15 is 4.39 Å². The van der Waals surface area contributed by atoms with Crippen LogP contribution in [-0.2, 0) is 27.2 Å². The van der Waals surface area contributed by atoms with E-state index in [0.717, 1.165) is 16.7 Å². The number of hydrogen-bond acceptors (Lipinski definition) is 8. The number of rotatable bonds is 9. The van der Waals surface area contributed by atoms with E-state index < -0.39 is 29.8 Å². The van der Waals surface area contributed by atoms with Crippen LogP contribution >= 0.6 is 11.6 Å². The van der Waals surface area contributed by atoms with Gasteiger partial charge in [0, 0.05) is 37.7 Å². The van der Waals surface area contributed by atoms with Gasteiger partial charge in [-0.3, -0.25) is 14.4 Å². The highest BCUT2D eigenvalue weighted by Crippen LogP contribution is 2.37. The maximum Gasteiger partial charge on any atom is 0.335 e. The molecule has 0 fully saturated rings. The number of nitrogens with zero attached hydrogens (tertiary/aromatic N) is 6. The van der Waals surface area contributed by atoms with Crippen LogP contribution in [0.2, 0.25) is 5.02 Å². The van der Waals surface area contributed by atoms with Crippen molar-refractivity contribution < 1.29 is 28.7 Å². The van der Waals surface area contributed by atoms with Gasteiger partial charge in [-0.05, 0) is 88.4 Å². The lowest BCUT2D eigenvalue weighted by Crippen LogP contribution is -2.44. The van der Waals surface area contributed by atoms with Crippen molar-refractivity contribution in [2.75, 3.05) is 19.6 Å². The Morgan fingerprint density at radius 3 is 2.52 bits per heavy atom. The predicted molar refractivity (Wildman–Crippen MR) is 183 cm³/mol. The van der Waals surface area contributed by atoms with Gasteiger partial charge in [-0.1, -0.05) is 48.0 Å². The number of Topliss-reactive ketones (excluding diaryl/α,β-unsaturated/α-hetero) is 1. The lowest BCUT2D eigenvalue weighted by molar-refractivity contribution is -0.136. The normalized spacial score (nSPS) is 16.6. The van der Waals surface area contributed by atoms with E-state index in [1.54, 1.807) is 24.0 Å². The van der Waals surface area contributed by atoms with Crippen molar-refractivity contribution >= 4 is 46.8 Å². The number of carboxylic acids is 1. The van der Waals surface area contributed by atoms with Crippen LogP contribution < -0.4 is 5.73 Å². The Labute approximate surface area is 291 Å². The Balaban J connectivity index is 1.35. The summed E-state index contributed by atoms with van der Waals surface area (Å²) < 4.78 is 16.5. The monoisotopic (exact) mass is 697 g/mol. The summed E-state index contributed by atoms with van der Waals surface area (Å²) in [7, 11) is 0. The molecule has 0 saturated heterocycles. The molecule has 0 saturated carbocycles. The number of tetrazole rings is 1. The molecule has 256 valence electrons. The minimum Gasteiger partial charge on any atom is -0.478 e. The molecule has 2 aliphatic heterocycles. The molecule has 4 aromatic rings. The first-order valence-corrected chi connectivity index (χ1v) is 16.3. The number of ketones is 1. The van der Waals surface area contributed by atoms with Crippen LogP contribution in [0.15, 0.2) is 73.1 Å². The SMILES string of the molecule is C[C@H](N)C(=O)N1CC=C(c2cccc3c2CCN(C(=O)/C=C/c2c(-n4cnnn4)ccc(Cl)c2F)C3C(=O)Cc2ccc(C(=O)O)cc2)CC1. The van der Waals surface area contributed by atoms with Crippen LogP contribution in [0.5, 0.6) is 0 Å². The highest BCUT2D eigenvalue weighted by Gasteiger charge is 2.36. The second-order valence-electron chi connectivity index (χ2n) is 12.1. The molecule has 2 atom stereocenters. The van der Waals surface area contributed by atoms with Crippen LogP contribution in [0.4, 0.5) is 4.39 Å². The van der Waals surface area contributed by atoms with Gasteiger partial charge in [-0.2, -0.15) is 4.68 Å². The number of aromatic nitrogens is 4. The zero-order valence-corrected chi connectivity index (χ0v) is 27.8. The molecule has 50 heavy (non-hydrogen) atoms. The van der Waals surface area contributed by atoms with Crippen LogP contribution in [0.25, 0.3) is 17.3 Å². The lowest BCUT2D eigenvalue weighted by atomic mass is 9.82. The summed E-state index contributed by atoms with van der Waals surface area (Å²) >= 11 is 6.08. The van der Waals surface area contributed by atoms with Gasteiger partial charge in [0.15, 0.2) is 11.6 Å². The van der Waals surface area contributed by atoms with Gasteiger partial charge in [-0.15, -0.1) is 5.10 Å². The molecule has 3 heterocycles. The molecule has 0 bridgehead atoms. The fourth-order valence-corrected chi connectivity index (χ4v) is 6.62. The van der Waals surface area contributed by atoms with Gasteiger partial charge in [0.1, 0.15) is 12.4 Å². The molecule has 3 N–H and O–H groups in total. The summed E-state index contributed by atoms with van der Waals surface area (Å²) in [5.74, 6) is -2.77. The second kappa shape index (κ2) is 14.5. The van der Waals surface area contributed by atoms with Crippen LogP contribution in [0, 0.1) is 5.82 Å². The van der Waals surface area contributed by atoms with Gasteiger partial charge < -0.3 is 20.6 Å². The van der Waals surface area contributed by atoms with Gasteiger partial charge in [-0.25, -0.2) is 9.18 Å². The number of nitrogens with two attached hydrogens (primary N) is 1. The summed E-state index contributed by atoms with van der Waals surface area (Å²) in [5, 5.41) is 20.2. The van der Waals surface area contributed by atoms with E-state index in [9.17, 15) is 24.3 Å². The number of halogens is 2. The topological polar surface area (TPSA) is 165 Å². The fraction of sp³-hybridized carbons (Fsp3) is 0.250. The standard InChI is InChI=1S/C36H33ClFN7O5/c1-21(39)35(48)43-16-13-23(14-17-43)25-3-2-4-27-26(25)15-18-44(34(27)31(46)19-22-5-7-24(8-6-22)36(49)50)32(47)12-9-28-30(45-20-40-41-42-45)11-10-29(37)33(28)38/h2-13,20-21,34H,14-19,39H2,1H3,(H,49,50)/b12-9+/t21-,34?/m0/s1. The maximum atomic E-state index is 15.3. The Bertz CT molecular complexity index is 2030. The van der Waals surface area contributed by atoms with Crippen molar-refractivity contribution in [2.45, 2.75) is 38.3 Å². The number of hydrogen-bond donors (Lipinski definition) is 2. The largest absolute Gasteiger partial charge is 0.478 e. The van der Waals surface area contributed by atoms with Crippen LogP contribution in [0.3, 0.4) is 0 Å². The first-order valence-electron chi connectivity index (χ1n) is 15.9. The zero-order valence-electron chi connectivity index (χ0n) is 27.0. The molecule has 0 aliphatic carbocycles. The van der Waals surface area contributed by atoms with Crippen molar-refractivity contribution in [3.05, 3.63) is 117 Å². The molecule has 2 amide bonds. The molecular formula is C36H33ClFN7O5. The minimum atomic E-state index is -1.08.